The molecule has 0 saturated carbocycles. The fraction of sp³-hybridized carbons (Fsp3) is 0.348. The highest BCUT2D eigenvalue weighted by Gasteiger charge is 2.40. The molecule has 2 aliphatic heterocycles. The summed E-state index contributed by atoms with van der Waals surface area (Å²) < 4.78 is 5.41. The van der Waals surface area contributed by atoms with E-state index in [1.807, 2.05) is 36.4 Å². The van der Waals surface area contributed by atoms with Crippen LogP contribution in [0.1, 0.15) is 17.5 Å². The third-order valence-electron chi connectivity index (χ3n) is 5.68. The Balaban J connectivity index is 1.35. The molecule has 29 heavy (non-hydrogen) atoms. The third kappa shape index (κ3) is 4.30. The lowest BCUT2D eigenvalue weighted by atomic mass is 10.00. The molecule has 0 radical (unpaired) electrons. The number of fused-ring (bicyclic) bond motifs is 1. The molecule has 4 unspecified atom stereocenters. The number of nitrogens with zero attached hydrogens (tertiary/aromatic N) is 2. The van der Waals surface area contributed by atoms with E-state index in [1.54, 1.807) is 12.1 Å². The van der Waals surface area contributed by atoms with E-state index >= 15 is 0 Å². The zero-order valence-electron chi connectivity index (χ0n) is 16.0. The van der Waals surface area contributed by atoms with Crippen molar-refractivity contribution in [3.8, 4) is 23.3 Å². The van der Waals surface area contributed by atoms with E-state index in [0.29, 0.717) is 31.1 Å². The SMILES string of the molecule is N#Cc1ccc(-c2ccc(CC(C#N)NC(=O)C3CC4COCC4N3)cc2)cc1. The van der Waals surface area contributed by atoms with Gasteiger partial charge in [0.15, 0.2) is 0 Å². The van der Waals surface area contributed by atoms with Crippen LogP contribution < -0.4 is 10.6 Å². The Labute approximate surface area is 170 Å². The Hall–Kier alpha value is -3.19. The van der Waals surface area contributed by atoms with Crippen molar-refractivity contribution in [1.29, 1.82) is 10.5 Å². The third-order valence-corrected chi connectivity index (χ3v) is 5.68. The molecule has 4 rings (SSSR count). The number of amides is 1. The van der Waals surface area contributed by atoms with Crippen molar-refractivity contribution in [2.45, 2.75) is 31.0 Å². The zero-order chi connectivity index (χ0) is 20.2. The lowest BCUT2D eigenvalue weighted by molar-refractivity contribution is -0.123. The van der Waals surface area contributed by atoms with Gasteiger partial charge in [-0.3, -0.25) is 4.79 Å². The minimum absolute atomic E-state index is 0.111. The van der Waals surface area contributed by atoms with Crippen LogP contribution in [0.25, 0.3) is 11.1 Å². The predicted molar refractivity (Wildman–Crippen MR) is 107 cm³/mol. The number of nitrogens with one attached hydrogen (secondary N) is 2. The monoisotopic (exact) mass is 386 g/mol. The fourth-order valence-electron chi connectivity index (χ4n) is 4.03. The van der Waals surface area contributed by atoms with Gasteiger partial charge in [-0.25, -0.2) is 0 Å². The molecule has 2 fully saturated rings. The van der Waals surface area contributed by atoms with Crippen molar-refractivity contribution in [3.05, 3.63) is 59.7 Å². The summed E-state index contributed by atoms with van der Waals surface area (Å²) in [6.45, 7) is 1.36. The maximum atomic E-state index is 12.5. The fourth-order valence-corrected chi connectivity index (χ4v) is 4.03. The maximum Gasteiger partial charge on any atom is 0.238 e. The average molecular weight is 386 g/mol. The normalized spacial score (nSPS) is 23.6. The highest BCUT2D eigenvalue weighted by atomic mass is 16.5. The second-order valence-electron chi connectivity index (χ2n) is 7.64. The van der Waals surface area contributed by atoms with Gasteiger partial charge in [-0.2, -0.15) is 10.5 Å². The first-order valence-corrected chi connectivity index (χ1v) is 9.79. The van der Waals surface area contributed by atoms with Gasteiger partial charge in [0.2, 0.25) is 5.91 Å². The topological polar surface area (TPSA) is 97.9 Å². The van der Waals surface area contributed by atoms with Crippen LogP contribution in [-0.4, -0.2) is 37.2 Å². The van der Waals surface area contributed by atoms with E-state index < -0.39 is 6.04 Å². The Bertz CT molecular complexity index is 944. The Morgan fingerprint density at radius 1 is 1.10 bits per heavy atom. The molecule has 0 spiro atoms. The van der Waals surface area contributed by atoms with Crippen LogP contribution >= 0.6 is 0 Å². The van der Waals surface area contributed by atoms with Crippen molar-refractivity contribution in [2.24, 2.45) is 5.92 Å². The number of rotatable bonds is 5. The maximum absolute atomic E-state index is 12.5. The summed E-state index contributed by atoms with van der Waals surface area (Å²) in [7, 11) is 0. The van der Waals surface area contributed by atoms with Crippen molar-refractivity contribution in [1.82, 2.24) is 10.6 Å². The smallest absolute Gasteiger partial charge is 0.238 e. The molecule has 0 bridgehead atoms. The Morgan fingerprint density at radius 2 is 1.79 bits per heavy atom. The van der Waals surface area contributed by atoms with E-state index in [0.717, 1.165) is 23.1 Å². The summed E-state index contributed by atoms with van der Waals surface area (Å²) in [4.78, 5) is 12.5. The molecule has 2 aromatic carbocycles. The number of hydrogen-bond donors (Lipinski definition) is 2. The van der Waals surface area contributed by atoms with Crippen molar-refractivity contribution in [2.75, 3.05) is 13.2 Å². The lowest BCUT2D eigenvalue weighted by Gasteiger charge is -2.17. The Kier molecular flexibility index (Phi) is 5.57. The van der Waals surface area contributed by atoms with Gasteiger partial charge in [-0.1, -0.05) is 36.4 Å². The molecule has 1 amide bonds. The van der Waals surface area contributed by atoms with Gasteiger partial charge in [-0.15, -0.1) is 0 Å². The molecule has 0 aromatic heterocycles. The number of hydrogen-bond acceptors (Lipinski definition) is 5. The highest BCUT2D eigenvalue weighted by Crippen LogP contribution is 2.26. The van der Waals surface area contributed by atoms with Gasteiger partial charge in [0, 0.05) is 18.4 Å². The summed E-state index contributed by atoms with van der Waals surface area (Å²) >= 11 is 0. The average Bonchev–Trinajstić information content (AvgIpc) is 3.36. The number of ether oxygens (including phenoxy) is 1. The molecule has 2 aliphatic rings. The number of carbonyl (C=O) groups is 1. The molecule has 2 heterocycles. The van der Waals surface area contributed by atoms with Crippen molar-refractivity contribution in [3.63, 3.8) is 0 Å². The first-order chi connectivity index (χ1) is 14.2. The molecule has 0 aliphatic carbocycles. The molecular weight excluding hydrogens is 364 g/mol. The van der Waals surface area contributed by atoms with Crippen molar-refractivity contribution < 1.29 is 9.53 Å². The molecule has 2 saturated heterocycles. The van der Waals surface area contributed by atoms with Gasteiger partial charge in [0.05, 0.1) is 37.0 Å². The first kappa shape index (κ1) is 19.1. The molecule has 2 aromatic rings. The minimum Gasteiger partial charge on any atom is -0.379 e. The van der Waals surface area contributed by atoms with Gasteiger partial charge < -0.3 is 15.4 Å². The largest absolute Gasteiger partial charge is 0.379 e. The van der Waals surface area contributed by atoms with E-state index in [2.05, 4.69) is 22.8 Å². The zero-order valence-corrected chi connectivity index (χ0v) is 16.0. The van der Waals surface area contributed by atoms with Gasteiger partial charge in [0.1, 0.15) is 6.04 Å². The van der Waals surface area contributed by atoms with E-state index in [-0.39, 0.29) is 18.0 Å². The van der Waals surface area contributed by atoms with Crippen LogP contribution in [0.15, 0.2) is 48.5 Å². The van der Waals surface area contributed by atoms with E-state index in [4.69, 9.17) is 10.00 Å². The van der Waals surface area contributed by atoms with Gasteiger partial charge in [-0.05, 0) is 35.2 Å². The second kappa shape index (κ2) is 8.45. The van der Waals surface area contributed by atoms with Gasteiger partial charge >= 0.3 is 0 Å². The number of carbonyl (C=O) groups excluding carboxylic acids is 1. The number of benzene rings is 2. The molecular formula is C23H22N4O2. The lowest BCUT2D eigenvalue weighted by Crippen LogP contribution is -2.47. The van der Waals surface area contributed by atoms with Crippen LogP contribution in [0.2, 0.25) is 0 Å². The van der Waals surface area contributed by atoms with Crippen LogP contribution in [-0.2, 0) is 16.0 Å². The predicted octanol–water partition coefficient (Wildman–Crippen LogP) is 2.15. The molecule has 146 valence electrons. The number of nitriles is 2. The quantitative estimate of drug-likeness (QED) is 0.821. The van der Waals surface area contributed by atoms with Gasteiger partial charge in [0.25, 0.3) is 0 Å². The molecule has 2 N–H and O–H groups in total. The highest BCUT2D eigenvalue weighted by molar-refractivity contribution is 5.82. The van der Waals surface area contributed by atoms with Crippen LogP contribution in [0.3, 0.4) is 0 Å². The summed E-state index contributed by atoms with van der Waals surface area (Å²) in [6.07, 6.45) is 1.21. The molecule has 6 heteroatoms. The van der Waals surface area contributed by atoms with Crippen LogP contribution in [0.5, 0.6) is 0 Å². The molecule has 4 atom stereocenters. The van der Waals surface area contributed by atoms with Crippen molar-refractivity contribution >= 4 is 5.91 Å². The summed E-state index contributed by atoms with van der Waals surface area (Å²) in [6, 6.07) is 19.1. The van der Waals surface area contributed by atoms with Crippen LogP contribution in [0, 0.1) is 28.6 Å². The van der Waals surface area contributed by atoms with Crippen LogP contribution in [0.4, 0.5) is 0 Å². The first-order valence-electron chi connectivity index (χ1n) is 9.79. The van der Waals surface area contributed by atoms with E-state index in [1.165, 1.54) is 0 Å². The second-order valence-corrected chi connectivity index (χ2v) is 7.64. The summed E-state index contributed by atoms with van der Waals surface area (Å²) in [5.74, 6) is 0.279. The summed E-state index contributed by atoms with van der Waals surface area (Å²) in [5, 5.41) is 24.6. The summed E-state index contributed by atoms with van der Waals surface area (Å²) in [5.41, 5.74) is 3.69. The molecule has 6 nitrogen and oxygen atoms in total. The standard InChI is InChI=1S/C23H22N4O2/c24-11-16-3-7-18(8-4-16)17-5-1-15(2-6-17)9-20(12-25)26-23(28)21-10-19-13-29-14-22(19)27-21/h1-8,19-22,27H,9-10,13-14H2,(H,26,28). The van der Waals surface area contributed by atoms with E-state index in [9.17, 15) is 10.1 Å². The Morgan fingerprint density at radius 3 is 2.41 bits per heavy atom. The minimum atomic E-state index is -0.568.